The predicted molar refractivity (Wildman–Crippen MR) is 235 cm³/mol. The quantitative estimate of drug-likeness (QED) is 0.0346. The summed E-state index contributed by atoms with van der Waals surface area (Å²) in [5, 5.41) is 36.3. The summed E-state index contributed by atoms with van der Waals surface area (Å²) in [6, 6.07) is -1.27. The van der Waals surface area contributed by atoms with Crippen LogP contribution in [-0.2, 0) is 23.9 Å². The van der Waals surface area contributed by atoms with E-state index >= 15 is 0 Å². The van der Waals surface area contributed by atoms with Crippen LogP contribution in [0, 0.1) is 29.1 Å². The number of piperidine rings is 1. The lowest BCUT2D eigenvalue weighted by Gasteiger charge is -2.49. The van der Waals surface area contributed by atoms with Gasteiger partial charge in [0.2, 0.25) is 11.8 Å². The van der Waals surface area contributed by atoms with Crippen LogP contribution in [0.2, 0.25) is 0 Å². The molecule has 336 valence electrons. The fourth-order valence-electron chi connectivity index (χ4n) is 9.33. The van der Waals surface area contributed by atoms with Gasteiger partial charge in [-0.1, -0.05) is 109 Å². The highest BCUT2D eigenvalue weighted by Gasteiger charge is 2.51. The first-order chi connectivity index (χ1) is 28.1. The Bertz CT molecular complexity index is 1410. The number of unbranched alkanes of at least 4 members (excludes halogenated alkanes) is 12. The van der Waals surface area contributed by atoms with E-state index in [1.165, 1.54) is 57.8 Å². The number of allylic oxidation sites excluding steroid dienone is 5. The summed E-state index contributed by atoms with van der Waals surface area (Å²) in [4.78, 5) is 53.1. The van der Waals surface area contributed by atoms with Gasteiger partial charge in [-0.3, -0.25) is 14.4 Å². The summed E-state index contributed by atoms with van der Waals surface area (Å²) in [6.07, 6.45) is 28.4. The van der Waals surface area contributed by atoms with Crippen molar-refractivity contribution in [3.05, 3.63) is 36.0 Å². The number of hydrogen-bond donors (Lipinski definition) is 4. The van der Waals surface area contributed by atoms with E-state index in [9.17, 15) is 34.5 Å². The fraction of sp³-hybridized carbons (Fsp3) is 0.796. The van der Waals surface area contributed by atoms with Crippen molar-refractivity contribution in [2.45, 2.75) is 213 Å². The maximum absolute atomic E-state index is 13.5. The van der Waals surface area contributed by atoms with E-state index in [2.05, 4.69) is 56.5 Å². The summed E-state index contributed by atoms with van der Waals surface area (Å²) in [5.74, 6) is -1.87. The Balaban J connectivity index is 1.47. The standard InChI is InChI=1S/C49H82N2O8/c1-7-9-10-11-12-13-14-15-16-17-18-19-20-21-22-26-43(53)50-31-24-23-25-41(46(55)56)51-44(54)34-39(52)35-49(51,58)30-29-40-37(4)27-28-38-32-36(3)33-42(45(38)40)59-47(57)48(5,6)8-2/h15-16,27-28,32,36-37,39-42,45,52,58H,7-14,17-26,29-31,33-35H2,1-6H3,(H,50,53)(H,55,56)/b16-15-/t36-,37-,39-,40-,41?,42?,45?,49-/m0/s1. The number of esters is 1. The molecule has 0 bridgehead atoms. The van der Waals surface area contributed by atoms with Gasteiger partial charge >= 0.3 is 11.9 Å². The highest BCUT2D eigenvalue weighted by molar-refractivity contribution is 5.85. The zero-order chi connectivity index (χ0) is 43.4. The van der Waals surface area contributed by atoms with Gasteiger partial charge in [0.05, 0.1) is 17.9 Å². The summed E-state index contributed by atoms with van der Waals surface area (Å²) in [6.45, 7) is 12.6. The average Bonchev–Trinajstić information content (AvgIpc) is 3.17. The number of carbonyl (C=O) groups is 4. The molecule has 0 spiro atoms. The summed E-state index contributed by atoms with van der Waals surface area (Å²) in [5.41, 5.74) is -1.38. The van der Waals surface area contributed by atoms with Crippen LogP contribution in [0.15, 0.2) is 36.0 Å². The van der Waals surface area contributed by atoms with Crippen LogP contribution in [0.4, 0.5) is 0 Å². The molecule has 0 saturated carbocycles. The highest BCUT2D eigenvalue weighted by atomic mass is 16.5. The molecule has 2 amide bonds. The van der Waals surface area contributed by atoms with Crippen molar-refractivity contribution in [2.75, 3.05) is 6.54 Å². The third-order valence-corrected chi connectivity index (χ3v) is 13.3. The summed E-state index contributed by atoms with van der Waals surface area (Å²) in [7, 11) is 0. The van der Waals surface area contributed by atoms with Crippen molar-refractivity contribution in [2.24, 2.45) is 29.1 Å². The summed E-state index contributed by atoms with van der Waals surface area (Å²) < 4.78 is 6.26. The van der Waals surface area contributed by atoms with Gasteiger partial charge in [0.15, 0.2) is 0 Å². The minimum Gasteiger partial charge on any atom is -0.480 e. The molecule has 1 heterocycles. The van der Waals surface area contributed by atoms with Crippen molar-refractivity contribution in [3.8, 4) is 0 Å². The molecule has 0 radical (unpaired) electrons. The van der Waals surface area contributed by atoms with E-state index in [0.717, 1.165) is 36.2 Å². The predicted octanol–water partition coefficient (Wildman–Crippen LogP) is 9.97. The number of nitrogens with one attached hydrogen (secondary N) is 1. The van der Waals surface area contributed by atoms with E-state index in [1.54, 1.807) is 0 Å². The lowest BCUT2D eigenvalue weighted by molar-refractivity contribution is -0.202. The number of aliphatic hydroxyl groups excluding tert-OH is 1. The van der Waals surface area contributed by atoms with Gasteiger partial charge in [-0.15, -0.1) is 0 Å². The third-order valence-electron chi connectivity index (χ3n) is 13.3. The first-order valence-corrected chi connectivity index (χ1v) is 23.6. The zero-order valence-corrected chi connectivity index (χ0v) is 37.7. The van der Waals surface area contributed by atoms with Crippen molar-refractivity contribution >= 4 is 23.8 Å². The molecule has 10 nitrogen and oxygen atoms in total. The van der Waals surface area contributed by atoms with E-state index in [1.807, 2.05) is 20.8 Å². The largest absolute Gasteiger partial charge is 0.480 e. The van der Waals surface area contributed by atoms with Crippen molar-refractivity contribution in [1.82, 2.24) is 10.2 Å². The number of nitrogens with zero attached hydrogens (tertiary/aromatic N) is 1. The maximum Gasteiger partial charge on any atom is 0.326 e. The van der Waals surface area contributed by atoms with Crippen LogP contribution >= 0.6 is 0 Å². The molecule has 1 aliphatic heterocycles. The first kappa shape index (κ1) is 50.4. The zero-order valence-electron chi connectivity index (χ0n) is 37.7. The number of carboxylic acid groups (broad SMARTS) is 1. The molecule has 1 saturated heterocycles. The molecule has 4 N–H and O–H groups in total. The van der Waals surface area contributed by atoms with Crippen LogP contribution < -0.4 is 5.32 Å². The summed E-state index contributed by atoms with van der Waals surface area (Å²) >= 11 is 0. The monoisotopic (exact) mass is 827 g/mol. The molecule has 0 aromatic carbocycles. The number of fused-ring (bicyclic) bond motifs is 1. The Morgan fingerprint density at radius 1 is 0.966 bits per heavy atom. The molecule has 8 atom stereocenters. The molecule has 0 aromatic rings. The molecule has 10 heteroatoms. The van der Waals surface area contributed by atoms with Crippen molar-refractivity contribution in [1.29, 1.82) is 0 Å². The SMILES string of the molecule is CCCCCCCC/C=C\CCCCCCCC(=O)NCCCCC(C(=O)O)N1C(=O)C[C@H](O)C[C@@]1(O)CC[C@@H]1C2C(=C[C@H](C)CC2OC(=O)C(C)(C)CC)C=C[C@@H]1C. The van der Waals surface area contributed by atoms with Gasteiger partial charge in [0.25, 0.3) is 0 Å². The number of carbonyl (C=O) groups excluding carboxylic acids is 3. The molecule has 3 rings (SSSR count). The van der Waals surface area contributed by atoms with E-state index in [4.69, 9.17) is 4.74 Å². The minimum absolute atomic E-state index is 0.00437. The number of aliphatic carboxylic acids is 1. The molecule has 3 aliphatic rings. The molecular weight excluding hydrogens is 745 g/mol. The van der Waals surface area contributed by atoms with Gasteiger partial charge in [-0.2, -0.15) is 0 Å². The van der Waals surface area contributed by atoms with Gasteiger partial charge in [0.1, 0.15) is 17.9 Å². The minimum atomic E-state index is -1.86. The maximum atomic E-state index is 13.5. The third kappa shape index (κ3) is 16.4. The Hall–Kier alpha value is -2.98. The van der Waals surface area contributed by atoms with Crippen LogP contribution in [0.25, 0.3) is 0 Å². The molecule has 2 aliphatic carbocycles. The van der Waals surface area contributed by atoms with Crippen LogP contribution in [0.1, 0.15) is 189 Å². The number of carboxylic acids is 1. The second kappa shape index (κ2) is 25.7. The van der Waals surface area contributed by atoms with E-state index < -0.39 is 35.2 Å². The Morgan fingerprint density at radius 2 is 1.61 bits per heavy atom. The second-order valence-corrected chi connectivity index (χ2v) is 18.8. The van der Waals surface area contributed by atoms with Crippen LogP contribution in [0.3, 0.4) is 0 Å². The first-order valence-electron chi connectivity index (χ1n) is 23.6. The second-order valence-electron chi connectivity index (χ2n) is 18.8. The van der Waals surface area contributed by atoms with Crippen LogP contribution in [0.5, 0.6) is 0 Å². The number of likely N-dealkylation sites (tertiary alicyclic amines) is 1. The van der Waals surface area contributed by atoms with Gasteiger partial charge < -0.3 is 30.3 Å². The van der Waals surface area contributed by atoms with Gasteiger partial charge in [0, 0.05) is 25.3 Å². The Morgan fingerprint density at radius 3 is 2.25 bits per heavy atom. The van der Waals surface area contributed by atoms with Crippen LogP contribution in [-0.4, -0.2) is 74.5 Å². The number of ether oxygens (including phenoxy) is 1. The Labute approximate surface area is 357 Å². The smallest absolute Gasteiger partial charge is 0.326 e. The number of rotatable bonds is 28. The van der Waals surface area contributed by atoms with E-state index in [-0.39, 0.29) is 67.3 Å². The molecular formula is C49H82N2O8. The highest BCUT2D eigenvalue weighted by Crippen LogP contribution is 2.47. The van der Waals surface area contributed by atoms with Crippen molar-refractivity contribution < 1.29 is 39.2 Å². The normalized spacial score (nSPS) is 26.4. The lowest BCUT2D eigenvalue weighted by atomic mass is 9.65. The van der Waals surface area contributed by atoms with E-state index in [0.29, 0.717) is 45.1 Å². The number of amides is 2. The average molecular weight is 827 g/mol. The number of aliphatic hydroxyl groups is 2. The lowest BCUT2D eigenvalue weighted by Crippen LogP contribution is -2.63. The topological polar surface area (TPSA) is 153 Å². The molecule has 0 aromatic heterocycles. The van der Waals surface area contributed by atoms with Gasteiger partial charge in [-0.05, 0) is 114 Å². The number of hydrogen-bond acceptors (Lipinski definition) is 7. The van der Waals surface area contributed by atoms with Crippen molar-refractivity contribution in [3.63, 3.8) is 0 Å². The molecule has 3 unspecified atom stereocenters. The van der Waals surface area contributed by atoms with Gasteiger partial charge in [-0.25, -0.2) is 4.79 Å². The Kier molecular flexibility index (Phi) is 22.0. The molecule has 1 fully saturated rings. The molecule has 59 heavy (non-hydrogen) atoms. The fourth-order valence-corrected chi connectivity index (χ4v) is 9.33.